The summed E-state index contributed by atoms with van der Waals surface area (Å²) >= 11 is 1.09. The molecule has 7 heteroatoms. The van der Waals surface area contributed by atoms with Crippen molar-refractivity contribution >= 4 is 33.9 Å². The van der Waals surface area contributed by atoms with E-state index in [1.165, 1.54) is 12.1 Å². The van der Waals surface area contributed by atoms with E-state index in [1.807, 2.05) is 6.92 Å². The van der Waals surface area contributed by atoms with Crippen molar-refractivity contribution in [2.45, 2.75) is 25.9 Å². The van der Waals surface area contributed by atoms with Gasteiger partial charge in [-0.05, 0) is 32.0 Å². The third-order valence-corrected chi connectivity index (χ3v) is 4.56. The van der Waals surface area contributed by atoms with Crippen LogP contribution in [0.3, 0.4) is 0 Å². The van der Waals surface area contributed by atoms with Crippen molar-refractivity contribution in [2.75, 3.05) is 5.75 Å². The smallest absolute Gasteiger partial charge is 0.279 e. The highest BCUT2D eigenvalue weighted by Gasteiger charge is 2.29. The molecule has 1 aromatic carbocycles. The molecule has 5 nitrogen and oxygen atoms in total. The number of furan rings is 1. The van der Waals surface area contributed by atoms with E-state index in [0.717, 1.165) is 17.3 Å². The average molecular weight is 322 g/mol. The molecule has 2 N–H and O–H groups in total. The second kappa shape index (κ2) is 5.64. The van der Waals surface area contributed by atoms with Crippen molar-refractivity contribution in [3.63, 3.8) is 0 Å². The second-order valence-corrected chi connectivity index (χ2v) is 6.25. The predicted molar refractivity (Wildman–Crippen MR) is 82.2 cm³/mol. The van der Waals surface area contributed by atoms with E-state index >= 15 is 0 Å². The Labute approximate surface area is 130 Å². The van der Waals surface area contributed by atoms with Gasteiger partial charge in [0.15, 0.2) is 0 Å². The number of amides is 2. The predicted octanol–water partition coefficient (Wildman–Crippen LogP) is 2.88. The Morgan fingerprint density at radius 3 is 3.00 bits per heavy atom. The van der Waals surface area contributed by atoms with Gasteiger partial charge in [-0.25, -0.2) is 4.39 Å². The number of halogens is 1. The third-order valence-electron chi connectivity index (χ3n) is 3.68. The Morgan fingerprint density at radius 2 is 2.32 bits per heavy atom. The van der Waals surface area contributed by atoms with Gasteiger partial charge in [0.05, 0.1) is 6.04 Å². The standard InChI is InChI=1S/C15H15FN2O3S/c1-7-10-5-9(16)3-4-12(10)21-13(7)8(2)17-14(19)11-6-22-15(20)18-11/h3-5,8,11H,6H2,1-2H3,(H,17,19)(H,18,20). The summed E-state index contributed by atoms with van der Waals surface area (Å²) in [5, 5.41) is 5.92. The van der Waals surface area contributed by atoms with E-state index in [1.54, 1.807) is 13.0 Å². The van der Waals surface area contributed by atoms with Gasteiger partial charge in [-0.15, -0.1) is 0 Å². The normalized spacial score (nSPS) is 19.2. The molecule has 2 atom stereocenters. The second-order valence-electron chi connectivity index (χ2n) is 5.26. The molecule has 2 amide bonds. The first-order chi connectivity index (χ1) is 10.5. The first kappa shape index (κ1) is 14.9. The fourth-order valence-electron chi connectivity index (χ4n) is 2.53. The Bertz CT molecular complexity index is 759. The van der Waals surface area contributed by atoms with Crippen molar-refractivity contribution in [2.24, 2.45) is 0 Å². The van der Waals surface area contributed by atoms with Crippen LogP contribution in [0.5, 0.6) is 0 Å². The number of hydrogen-bond donors (Lipinski definition) is 2. The lowest BCUT2D eigenvalue weighted by atomic mass is 10.1. The van der Waals surface area contributed by atoms with E-state index in [4.69, 9.17) is 4.42 Å². The molecule has 1 fully saturated rings. The fourth-order valence-corrected chi connectivity index (χ4v) is 3.31. The van der Waals surface area contributed by atoms with Gasteiger partial charge in [-0.1, -0.05) is 11.8 Å². The number of hydrogen-bond acceptors (Lipinski definition) is 4. The molecular formula is C15H15FN2O3S. The van der Waals surface area contributed by atoms with Crippen LogP contribution in [0.15, 0.2) is 22.6 Å². The molecule has 22 heavy (non-hydrogen) atoms. The summed E-state index contributed by atoms with van der Waals surface area (Å²) in [6.07, 6.45) is 0. The van der Waals surface area contributed by atoms with Gasteiger partial charge in [0.1, 0.15) is 23.2 Å². The molecule has 2 unspecified atom stereocenters. The molecule has 1 aliphatic heterocycles. The molecule has 2 aromatic rings. The van der Waals surface area contributed by atoms with Gasteiger partial charge in [-0.2, -0.15) is 0 Å². The Hall–Kier alpha value is -2.02. The first-order valence-corrected chi connectivity index (χ1v) is 7.86. The SMILES string of the molecule is Cc1c(C(C)NC(=O)C2CSC(=O)N2)oc2ccc(F)cc12. The van der Waals surface area contributed by atoms with Gasteiger partial charge in [0.25, 0.3) is 5.24 Å². The Morgan fingerprint density at radius 1 is 1.55 bits per heavy atom. The highest BCUT2D eigenvalue weighted by atomic mass is 32.2. The van der Waals surface area contributed by atoms with Crippen molar-refractivity contribution < 1.29 is 18.4 Å². The molecule has 0 aliphatic carbocycles. The Balaban J connectivity index is 1.80. The Kier molecular flexibility index (Phi) is 3.82. The summed E-state index contributed by atoms with van der Waals surface area (Å²) in [6.45, 7) is 3.62. The summed E-state index contributed by atoms with van der Waals surface area (Å²) in [7, 11) is 0. The number of nitrogens with one attached hydrogen (secondary N) is 2. The van der Waals surface area contributed by atoms with Crippen LogP contribution < -0.4 is 10.6 Å². The zero-order valence-corrected chi connectivity index (χ0v) is 12.9. The van der Waals surface area contributed by atoms with Gasteiger partial charge in [0, 0.05) is 16.7 Å². The van der Waals surface area contributed by atoms with Crippen LogP contribution in [0.25, 0.3) is 11.0 Å². The molecule has 0 spiro atoms. The molecule has 0 bridgehead atoms. The van der Waals surface area contributed by atoms with Crippen LogP contribution in [0.1, 0.15) is 24.3 Å². The average Bonchev–Trinajstić information content (AvgIpc) is 3.04. The van der Waals surface area contributed by atoms with E-state index < -0.39 is 6.04 Å². The number of carbonyl (C=O) groups is 2. The monoisotopic (exact) mass is 322 g/mol. The summed E-state index contributed by atoms with van der Waals surface area (Å²) in [4.78, 5) is 23.2. The molecule has 116 valence electrons. The summed E-state index contributed by atoms with van der Waals surface area (Å²) in [5.74, 6) is 0.426. The molecule has 0 radical (unpaired) electrons. The molecule has 1 saturated heterocycles. The molecule has 1 aromatic heterocycles. The number of aryl methyl sites for hydroxylation is 1. The van der Waals surface area contributed by atoms with E-state index in [-0.39, 0.29) is 23.0 Å². The van der Waals surface area contributed by atoms with Crippen molar-refractivity contribution in [1.29, 1.82) is 0 Å². The molecule has 0 saturated carbocycles. The largest absolute Gasteiger partial charge is 0.459 e. The maximum absolute atomic E-state index is 13.3. The third kappa shape index (κ3) is 2.68. The van der Waals surface area contributed by atoms with Gasteiger partial charge in [-0.3, -0.25) is 9.59 Å². The maximum Gasteiger partial charge on any atom is 0.279 e. The molecule has 1 aliphatic rings. The number of benzene rings is 1. The summed E-state index contributed by atoms with van der Waals surface area (Å²) < 4.78 is 19.1. The van der Waals surface area contributed by atoms with Crippen molar-refractivity contribution in [3.05, 3.63) is 35.3 Å². The van der Waals surface area contributed by atoms with Crippen LogP contribution in [0.4, 0.5) is 9.18 Å². The molecule has 3 rings (SSSR count). The summed E-state index contributed by atoms with van der Waals surface area (Å²) in [5.41, 5.74) is 1.38. The highest BCUT2D eigenvalue weighted by Crippen LogP contribution is 2.30. The van der Waals surface area contributed by atoms with Crippen molar-refractivity contribution in [1.82, 2.24) is 10.6 Å². The van der Waals surface area contributed by atoms with Gasteiger partial charge < -0.3 is 15.1 Å². The van der Waals surface area contributed by atoms with Gasteiger partial charge >= 0.3 is 0 Å². The van der Waals surface area contributed by atoms with Crippen LogP contribution >= 0.6 is 11.8 Å². The van der Waals surface area contributed by atoms with E-state index in [2.05, 4.69) is 10.6 Å². The zero-order valence-electron chi connectivity index (χ0n) is 12.1. The van der Waals surface area contributed by atoms with Crippen LogP contribution in [0, 0.1) is 12.7 Å². The van der Waals surface area contributed by atoms with Crippen LogP contribution in [0.2, 0.25) is 0 Å². The minimum absolute atomic E-state index is 0.191. The maximum atomic E-state index is 13.3. The van der Waals surface area contributed by atoms with Crippen LogP contribution in [-0.2, 0) is 4.79 Å². The lowest BCUT2D eigenvalue weighted by Crippen LogP contribution is -2.43. The minimum Gasteiger partial charge on any atom is -0.459 e. The molecule has 2 heterocycles. The zero-order chi connectivity index (χ0) is 15.9. The number of carbonyl (C=O) groups excluding carboxylic acids is 2. The highest BCUT2D eigenvalue weighted by molar-refractivity contribution is 8.14. The first-order valence-electron chi connectivity index (χ1n) is 6.88. The summed E-state index contributed by atoms with van der Waals surface area (Å²) in [6, 6.07) is 3.43. The van der Waals surface area contributed by atoms with Crippen LogP contribution in [-0.4, -0.2) is 22.9 Å². The number of fused-ring (bicyclic) bond motifs is 1. The molecular weight excluding hydrogens is 307 g/mol. The van der Waals surface area contributed by atoms with E-state index in [9.17, 15) is 14.0 Å². The minimum atomic E-state index is -0.526. The lowest BCUT2D eigenvalue weighted by Gasteiger charge is -2.15. The van der Waals surface area contributed by atoms with Crippen molar-refractivity contribution in [3.8, 4) is 0 Å². The van der Waals surface area contributed by atoms with E-state index in [0.29, 0.717) is 22.5 Å². The lowest BCUT2D eigenvalue weighted by molar-refractivity contribution is -0.123. The number of rotatable bonds is 3. The quantitative estimate of drug-likeness (QED) is 0.911. The number of thioether (sulfide) groups is 1. The fraction of sp³-hybridized carbons (Fsp3) is 0.333. The topological polar surface area (TPSA) is 71.3 Å². The van der Waals surface area contributed by atoms with Gasteiger partial charge in [0.2, 0.25) is 5.91 Å².